The molecule has 0 saturated carbocycles. The van der Waals surface area contributed by atoms with Gasteiger partial charge in [-0.15, -0.1) is 11.6 Å². The maximum Gasteiger partial charge on any atom is 0.153 e. The molecule has 1 heterocycles. The van der Waals surface area contributed by atoms with Crippen molar-refractivity contribution in [2.75, 3.05) is 0 Å². The summed E-state index contributed by atoms with van der Waals surface area (Å²) in [6.45, 7) is 1.54. The van der Waals surface area contributed by atoms with Crippen molar-refractivity contribution in [1.82, 2.24) is 9.55 Å². The molecule has 0 fully saturated rings. The lowest BCUT2D eigenvalue weighted by atomic mass is 10.2. The molecule has 6 heteroatoms. The lowest BCUT2D eigenvalue weighted by molar-refractivity contribution is 0.563. The minimum Gasteiger partial charge on any atom is -0.290 e. The van der Waals surface area contributed by atoms with Crippen LogP contribution < -0.4 is 0 Å². The van der Waals surface area contributed by atoms with Crippen LogP contribution in [0, 0.1) is 24.4 Å². The molecular weight excluding hydrogens is 301 g/mol. The van der Waals surface area contributed by atoms with Crippen molar-refractivity contribution < 1.29 is 13.2 Å². The third-order valence-corrected chi connectivity index (χ3v) is 3.53. The average Bonchev–Trinajstić information content (AvgIpc) is 2.81. The topological polar surface area (TPSA) is 17.8 Å². The Labute approximate surface area is 123 Å². The fourth-order valence-corrected chi connectivity index (χ4v) is 2.47. The summed E-state index contributed by atoms with van der Waals surface area (Å²) in [5.74, 6) is -1.69. The van der Waals surface area contributed by atoms with E-state index in [1.54, 1.807) is 0 Å². The van der Waals surface area contributed by atoms with Crippen molar-refractivity contribution in [1.29, 1.82) is 0 Å². The van der Waals surface area contributed by atoms with Crippen LogP contribution in [0.25, 0.3) is 16.7 Å². The van der Waals surface area contributed by atoms with Crippen LogP contribution in [0.4, 0.5) is 13.2 Å². The molecular formula is C15H10ClF3N2. The zero-order valence-corrected chi connectivity index (χ0v) is 11.8. The lowest BCUT2D eigenvalue weighted by Gasteiger charge is -2.11. The van der Waals surface area contributed by atoms with Crippen LogP contribution in [-0.2, 0) is 5.88 Å². The molecule has 3 aromatic rings. The van der Waals surface area contributed by atoms with Gasteiger partial charge in [0.25, 0.3) is 0 Å². The summed E-state index contributed by atoms with van der Waals surface area (Å²) in [5, 5.41) is 0. The van der Waals surface area contributed by atoms with Crippen LogP contribution in [-0.4, -0.2) is 9.55 Å². The van der Waals surface area contributed by atoms with E-state index in [0.29, 0.717) is 16.6 Å². The molecule has 2 aromatic carbocycles. The molecule has 0 aliphatic heterocycles. The number of hydrogen-bond acceptors (Lipinski definition) is 1. The van der Waals surface area contributed by atoms with Crippen LogP contribution >= 0.6 is 11.6 Å². The van der Waals surface area contributed by atoms with Crippen LogP contribution in [0.15, 0.2) is 30.3 Å². The Bertz CT molecular complexity index is 843. The Morgan fingerprint density at radius 1 is 1.14 bits per heavy atom. The Morgan fingerprint density at radius 3 is 2.62 bits per heavy atom. The summed E-state index contributed by atoms with van der Waals surface area (Å²) in [6, 6.07) is 6.38. The molecule has 0 N–H and O–H groups in total. The summed E-state index contributed by atoms with van der Waals surface area (Å²) < 4.78 is 43.0. The van der Waals surface area contributed by atoms with Gasteiger partial charge in [0.15, 0.2) is 5.82 Å². The van der Waals surface area contributed by atoms with Gasteiger partial charge in [-0.2, -0.15) is 0 Å². The van der Waals surface area contributed by atoms with Crippen molar-refractivity contribution in [2.24, 2.45) is 0 Å². The highest BCUT2D eigenvalue weighted by atomic mass is 35.5. The molecule has 1 aromatic heterocycles. The van der Waals surface area contributed by atoms with E-state index in [9.17, 15) is 13.2 Å². The smallest absolute Gasteiger partial charge is 0.153 e. The first-order valence-electron chi connectivity index (χ1n) is 6.20. The summed E-state index contributed by atoms with van der Waals surface area (Å²) in [5.41, 5.74) is 0.747. The highest BCUT2D eigenvalue weighted by Gasteiger charge is 2.20. The van der Waals surface area contributed by atoms with Gasteiger partial charge in [-0.1, -0.05) is 6.07 Å². The van der Waals surface area contributed by atoms with Crippen molar-refractivity contribution in [3.8, 4) is 5.69 Å². The lowest BCUT2D eigenvalue weighted by Crippen LogP contribution is -2.06. The molecule has 3 rings (SSSR count). The van der Waals surface area contributed by atoms with Gasteiger partial charge in [0.05, 0.1) is 16.9 Å². The van der Waals surface area contributed by atoms with Gasteiger partial charge in [0, 0.05) is 6.07 Å². The van der Waals surface area contributed by atoms with Gasteiger partial charge in [0.2, 0.25) is 0 Å². The SMILES string of the molecule is Cc1ccc(F)c(-n2c(CCl)nc3cc(F)ccc32)c1F. The van der Waals surface area contributed by atoms with Gasteiger partial charge in [0.1, 0.15) is 23.1 Å². The number of imidazole rings is 1. The normalized spacial score (nSPS) is 11.3. The summed E-state index contributed by atoms with van der Waals surface area (Å²) in [7, 11) is 0. The number of rotatable bonds is 2. The van der Waals surface area contributed by atoms with E-state index in [1.807, 2.05) is 0 Å². The molecule has 0 aliphatic rings. The molecule has 0 saturated heterocycles. The third-order valence-electron chi connectivity index (χ3n) is 3.29. The van der Waals surface area contributed by atoms with Crippen molar-refractivity contribution in [3.05, 3.63) is 59.2 Å². The zero-order chi connectivity index (χ0) is 15.1. The molecule has 2 nitrogen and oxygen atoms in total. The van der Waals surface area contributed by atoms with Crippen molar-refractivity contribution in [3.63, 3.8) is 0 Å². The quantitative estimate of drug-likeness (QED) is 0.638. The number of hydrogen-bond donors (Lipinski definition) is 0. The number of fused-ring (bicyclic) bond motifs is 1. The number of benzene rings is 2. The highest BCUT2D eigenvalue weighted by Crippen LogP contribution is 2.28. The standard InChI is InChI=1S/C15H10ClF3N2/c1-8-2-4-10(18)15(14(8)19)21-12-5-3-9(17)6-11(12)20-13(21)7-16/h2-6H,7H2,1H3. The number of nitrogens with zero attached hydrogens (tertiary/aromatic N) is 2. The predicted molar refractivity (Wildman–Crippen MR) is 75.2 cm³/mol. The number of aryl methyl sites for hydroxylation is 1. The van der Waals surface area contributed by atoms with Crippen molar-refractivity contribution >= 4 is 22.6 Å². The van der Waals surface area contributed by atoms with Crippen molar-refractivity contribution in [2.45, 2.75) is 12.8 Å². The Balaban J connectivity index is 2.42. The third kappa shape index (κ3) is 2.17. The number of halogens is 4. The first kappa shape index (κ1) is 13.9. The van der Waals surface area contributed by atoms with Gasteiger partial charge in [-0.25, -0.2) is 18.2 Å². The fraction of sp³-hybridized carbons (Fsp3) is 0.133. The van der Waals surface area contributed by atoms with Gasteiger partial charge in [-0.05, 0) is 30.7 Å². The summed E-state index contributed by atoms with van der Waals surface area (Å²) in [4.78, 5) is 4.14. The number of alkyl halides is 1. The summed E-state index contributed by atoms with van der Waals surface area (Å²) in [6.07, 6.45) is 0. The summed E-state index contributed by atoms with van der Waals surface area (Å²) >= 11 is 5.82. The van der Waals surface area contributed by atoms with Gasteiger partial charge in [-0.3, -0.25) is 4.57 Å². The Hall–Kier alpha value is -2.01. The van der Waals surface area contributed by atoms with E-state index >= 15 is 0 Å². The molecule has 21 heavy (non-hydrogen) atoms. The minimum absolute atomic E-state index is 0.0525. The van der Waals surface area contributed by atoms with Crippen LogP contribution in [0.3, 0.4) is 0 Å². The number of aromatic nitrogens is 2. The first-order chi connectivity index (χ1) is 10.0. The maximum atomic E-state index is 14.3. The monoisotopic (exact) mass is 310 g/mol. The maximum absolute atomic E-state index is 14.3. The van der Waals surface area contributed by atoms with E-state index < -0.39 is 17.5 Å². The largest absolute Gasteiger partial charge is 0.290 e. The van der Waals surface area contributed by atoms with Crippen LogP contribution in [0.5, 0.6) is 0 Å². The minimum atomic E-state index is -0.729. The second-order valence-electron chi connectivity index (χ2n) is 4.66. The first-order valence-corrected chi connectivity index (χ1v) is 6.74. The molecule has 0 spiro atoms. The van der Waals surface area contributed by atoms with E-state index in [2.05, 4.69) is 4.98 Å². The van der Waals surface area contributed by atoms with Gasteiger partial charge >= 0.3 is 0 Å². The van der Waals surface area contributed by atoms with E-state index in [1.165, 1.54) is 41.8 Å². The second-order valence-corrected chi connectivity index (χ2v) is 4.92. The highest BCUT2D eigenvalue weighted by molar-refractivity contribution is 6.17. The molecule has 0 aliphatic carbocycles. The van der Waals surface area contributed by atoms with Crippen LogP contribution in [0.1, 0.15) is 11.4 Å². The molecule has 0 radical (unpaired) electrons. The zero-order valence-electron chi connectivity index (χ0n) is 11.0. The van der Waals surface area contributed by atoms with E-state index in [-0.39, 0.29) is 17.4 Å². The molecule has 0 bridgehead atoms. The van der Waals surface area contributed by atoms with E-state index in [4.69, 9.17) is 11.6 Å². The molecule has 0 atom stereocenters. The molecule has 0 unspecified atom stereocenters. The predicted octanol–water partition coefficient (Wildman–Crippen LogP) is 4.49. The average molecular weight is 311 g/mol. The van der Waals surface area contributed by atoms with Gasteiger partial charge < -0.3 is 0 Å². The van der Waals surface area contributed by atoms with Crippen LogP contribution in [0.2, 0.25) is 0 Å². The Morgan fingerprint density at radius 2 is 1.90 bits per heavy atom. The molecule has 108 valence electrons. The van der Waals surface area contributed by atoms with E-state index in [0.717, 1.165) is 0 Å². The fourth-order valence-electron chi connectivity index (χ4n) is 2.29. The second kappa shape index (κ2) is 5.07. The Kier molecular flexibility index (Phi) is 3.37. The molecule has 0 amide bonds.